The summed E-state index contributed by atoms with van der Waals surface area (Å²) in [4.78, 5) is 11.5. The van der Waals surface area contributed by atoms with Crippen molar-refractivity contribution in [3.05, 3.63) is 29.3 Å². The quantitative estimate of drug-likeness (QED) is 0.791. The van der Waals surface area contributed by atoms with Crippen molar-refractivity contribution >= 4 is 5.97 Å². The van der Waals surface area contributed by atoms with E-state index < -0.39 is 0 Å². The molecule has 2 rings (SSSR count). The maximum atomic E-state index is 11.5. The third-order valence-corrected chi connectivity index (χ3v) is 4.80. The van der Waals surface area contributed by atoms with Crippen molar-refractivity contribution in [3.8, 4) is 5.75 Å². The first-order chi connectivity index (χ1) is 9.41. The molecule has 0 bridgehead atoms. The Labute approximate surface area is 121 Å². The average Bonchev–Trinajstić information content (AvgIpc) is 2.70. The Balaban J connectivity index is 2.30. The van der Waals surface area contributed by atoms with Gasteiger partial charge in [0.2, 0.25) is 0 Å². The fourth-order valence-corrected chi connectivity index (χ4v) is 3.65. The zero-order valence-electron chi connectivity index (χ0n) is 13.0. The van der Waals surface area contributed by atoms with E-state index >= 15 is 0 Å². The Morgan fingerprint density at radius 1 is 1.40 bits per heavy atom. The molecule has 0 radical (unpaired) electrons. The molecule has 1 aromatic carbocycles. The molecule has 1 aliphatic rings. The van der Waals surface area contributed by atoms with Gasteiger partial charge in [0.1, 0.15) is 5.75 Å². The molecule has 0 amide bonds. The summed E-state index contributed by atoms with van der Waals surface area (Å²) < 4.78 is 10.3. The number of benzene rings is 1. The van der Waals surface area contributed by atoms with Crippen LogP contribution in [0.15, 0.2) is 18.2 Å². The van der Waals surface area contributed by atoms with E-state index in [1.54, 1.807) is 7.11 Å². The van der Waals surface area contributed by atoms with Gasteiger partial charge in [0, 0.05) is 6.42 Å². The molecule has 3 nitrogen and oxygen atoms in total. The number of methoxy groups -OCH3 is 2. The smallest absolute Gasteiger partial charge is 0.305 e. The Bertz CT molecular complexity index is 505. The van der Waals surface area contributed by atoms with Gasteiger partial charge in [-0.2, -0.15) is 0 Å². The van der Waals surface area contributed by atoms with Gasteiger partial charge in [0.15, 0.2) is 0 Å². The second-order valence-corrected chi connectivity index (χ2v) is 6.28. The van der Waals surface area contributed by atoms with Crippen molar-refractivity contribution in [1.29, 1.82) is 0 Å². The predicted octanol–water partition coefficient (Wildman–Crippen LogP) is 3.34. The summed E-state index contributed by atoms with van der Waals surface area (Å²) >= 11 is 0. The zero-order chi connectivity index (χ0) is 14.9. The molecule has 0 N–H and O–H groups in total. The molecule has 0 unspecified atom stereocenters. The van der Waals surface area contributed by atoms with Crippen LogP contribution >= 0.6 is 0 Å². The average molecular weight is 276 g/mol. The van der Waals surface area contributed by atoms with Crippen LogP contribution in [0.2, 0.25) is 0 Å². The normalized spacial score (nSPS) is 21.1. The molecule has 2 atom stereocenters. The molecule has 0 fully saturated rings. The maximum absolute atomic E-state index is 11.5. The molecule has 0 aliphatic heterocycles. The van der Waals surface area contributed by atoms with Crippen molar-refractivity contribution in [2.75, 3.05) is 14.2 Å². The van der Waals surface area contributed by atoms with Gasteiger partial charge in [-0.1, -0.05) is 32.9 Å². The summed E-state index contributed by atoms with van der Waals surface area (Å²) in [6, 6.07) is 6.25. The Hall–Kier alpha value is -1.51. The van der Waals surface area contributed by atoms with Crippen LogP contribution in [0.3, 0.4) is 0 Å². The third-order valence-electron chi connectivity index (χ3n) is 4.80. The largest absolute Gasteiger partial charge is 0.496 e. The highest BCUT2D eigenvalue weighted by Crippen LogP contribution is 2.49. The van der Waals surface area contributed by atoms with Gasteiger partial charge in [-0.05, 0) is 40.9 Å². The second kappa shape index (κ2) is 5.47. The van der Waals surface area contributed by atoms with Gasteiger partial charge in [-0.3, -0.25) is 4.79 Å². The van der Waals surface area contributed by atoms with E-state index in [0.717, 1.165) is 12.2 Å². The van der Waals surface area contributed by atoms with E-state index in [9.17, 15) is 4.79 Å². The molecule has 0 spiro atoms. The number of esters is 1. The van der Waals surface area contributed by atoms with Crippen molar-refractivity contribution in [2.45, 2.75) is 39.0 Å². The first-order valence-electron chi connectivity index (χ1n) is 7.15. The highest BCUT2D eigenvalue weighted by Gasteiger charge is 2.43. The SMILES string of the molecule is COC(=O)C[C@H](C)[C@@H]1Cc2c(OC)cccc2C1(C)C. The van der Waals surface area contributed by atoms with E-state index in [2.05, 4.69) is 26.8 Å². The van der Waals surface area contributed by atoms with Crippen LogP contribution in [0.4, 0.5) is 0 Å². The fourth-order valence-electron chi connectivity index (χ4n) is 3.65. The highest BCUT2D eigenvalue weighted by atomic mass is 16.5. The zero-order valence-corrected chi connectivity index (χ0v) is 13.0. The van der Waals surface area contributed by atoms with Crippen LogP contribution in [-0.2, 0) is 21.4 Å². The van der Waals surface area contributed by atoms with Gasteiger partial charge >= 0.3 is 5.97 Å². The van der Waals surface area contributed by atoms with Crippen molar-refractivity contribution in [2.24, 2.45) is 11.8 Å². The minimum atomic E-state index is -0.128. The van der Waals surface area contributed by atoms with Gasteiger partial charge in [-0.15, -0.1) is 0 Å². The lowest BCUT2D eigenvalue weighted by atomic mass is 9.72. The molecule has 0 saturated carbocycles. The molecule has 3 heteroatoms. The maximum Gasteiger partial charge on any atom is 0.305 e. The third kappa shape index (κ3) is 2.41. The Kier molecular flexibility index (Phi) is 4.07. The van der Waals surface area contributed by atoms with Gasteiger partial charge < -0.3 is 9.47 Å². The molecule has 20 heavy (non-hydrogen) atoms. The number of hydrogen-bond acceptors (Lipinski definition) is 3. The summed E-state index contributed by atoms with van der Waals surface area (Å²) in [5, 5.41) is 0. The molecular weight excluding hydrogens is 252 g/mol. The number of hydrogen-bond donors (Lipinski definition) is 0. The number of fused-ring (bicyclic) bond motifs is 1. The van der Waals surface area contributed by atoms with Crippen molar-refractivity contribution < 1.29 is 14.3 Å². The summed E-state index contributed by atoms with van der Waals surface area (Å²) in [6.45, 7) is 6.66. The molecule has 1 aliphatic carbocycles. The predicted molar refractivity (Wildman–Crippen MR) is 79.0 cm³/mol. The summed E-state index contributed by atoms with van der Waals surface area (Å²) in [5.41, 5.74) is 2.69. The molecule has 0 saturated heterocycles. The van der Waals surface area contributed by atoms with E-state index in [4.69, 9.17) is 9.47 Å². The molecular formula is C17H24O3. The van der Waals surface area contributed by atoms with E-state index in [1.165, 1.54) is 18.2 Å². The Morgan fingerprint density at radius 3 is 2.70 bits per heavy atom. The number of ether oxygens (including phenoxy) is 2. The van der Waals surface area contributed by atoms with Crippen LogP contribution in [0.25, 0.3) is 0 Å². The lowest BCUT2D eigenvalue weighted by Crippen LogP contribution is -2.30. The first-order valence-corrected chi connectivity index (χ1v) is 7.15. The fraction of sp³-hybridized carbons (Fsp3) is 0.588. The molecule has 0 aromatic heterocycles. The topological polar surface area (TPSA) is 35.5 Å². The minimum absolute atomic E-state index is 0.0529. The summed E-state index contributed by atoms with van der Waals surface area (Å²) in [5.74, 6) is 1.54. The lowest BCUT2D eigenvalue weighted by molar-refractivity contribution is -0.142. The van der Waals surface area contributed by atoms with Crippen molar-refractivity contribution in [1.82, 2.24) is 0 Å². The minimum Gasteiger partial charge on any atom is -0.496 e. The number of carbonyl (C=O) groups is 1. The van der Waals surface area contributed by atoms with Crippen LogP contribution in [0.5, 0.6) is 5.75 Å². The van der Waals surface area contributed by atoms with Crippen LogP contribution in [0.1, 0.15) is 38.3 Å². The van der Waals surface area contributed by atoms with E-state index in [1.807, 2.05) is 12.1 Å². The Morgan fingerprint density at radius 2 is 2.10 bits per heavy atom. The van der Waals surface area contributed by atoms with Gasteiger partial charge in [0.25, 0.3) is 0 Å². The second-order valence-electron chi connectivity index (χ2n) is 6.28. The first kappa shape index (κ1) is 14.9. The van der Waals surface area contributed by atoms with Gasteiger partial charge in [-0.25, -0.2) is 0 Å². The number of rotatable bonds is 4. The lowest BCUT2D eigenvalue weighted by Gasteiger charge is -2.32. The highest BCUT2D eigenvalue weighted by molar-refractivity contribution is 5.69. The van der Waals surface area contributed by atoms with Crippen molar-refractivity contribution in [3.63, 3.8) is 0 Å². The summed E-state index contributed by atoms with van der Waals surface area (Å²) in [6.07, 6.45) is 1.44. The molecule has 110 valence electrons. The van der Waals surface area contributed by atoms with E-state index in [-0.39, 0.29) is 17.3 Å². The van der Waals surface area contributed by atoms with Crippen LogP contribution < -0.4 is 4.74 Å². The van der Waals surface area contributed by atoms with E-state index in [0.29, 0.717) is 12.3 Å². The summed E-state index contributed by atoms with van der Waals surface area (Å²) in [7, 11) is 3.17. The standard InChI is InChI=1S/C17H24O3/c1-11(9-16(18)20-5)14-10-12-13(17(14,2)3)7-6-8-15(12)19-4/h6-8,11,14H,9-10H2,1-5H3/t11-,14-/m0/s1. The molecule has 0 heterocycles. The monoisotopic (exact) mass is 276 g/mol. The van der Waals surface area contributed by atoms with Crippen LogP contribution in [-0.4, -0.2) is 20.2 Å². The molecule has 1 aromatic rings. The van der Waals surface area contributed by atoms with Crippen LogP contribution in [0, 0.1) is 11.8 Å². The number of carbonyl (C=O) groups excluding carboxylic acids is 1. The van der Waals surface area contributed by atoms with Gasteiger partial charge in [0.05, 0.1) is 14.2 Å².